The van der Waals surface area contributed by atoms with Crippen LogP contribution in [-0.2, 0) is 6.42 Å². The van der Waals surface area contributed by atoms with Crippen LogP contribution in [0.2, 0.25) is 0 Å². The van der Waals surface area contributed by atoms with E-state index in [2.05, 4.69) is 10.3 Å². The third-order valence-electron chi connectivity index (χ3n) is 2.84. The molecule has 2 rings (SSSR count). The molecule has 0 fully saturated rings. The molecular formula is C11H17N3O2. The highest BCUT2D eigenvalue weighted by Crippen LogP contribution is 2.25. The van der Waals surface area contributed by atoms with E-state index in [1.807, 2.05) is 6.07 Å². The minimum atomic E-state index is -0.901. The van der Waals surface area contributed by atoms with Crippen LogP contribution in [0.25, 0.3) is 0 Å². The van der Waals surface area contributed by atoms with Crippen molar-refractivity contribution in [2.45, 2.75) is 25.0 Å². The molecule has 0 radical (unpaired) electrons. The highest BCUT2D eigenvalue weighted by Gasteiger charge is 2.20. The van der Waals surface area contributed by atoms with Crippen LogP contribution in [0.5, 0.6) is 0 Å². The second-order valence-electron chi connectivity index (χ2n) is 4.04. The van der Waals surface area contributed by atoms with Crippen LogP contribution in [0.15, 0.2) is 12.3 Å². The number of rotatable bonds is 4. The van der Waals surface area contributed by atoms with E-state index in [0.717, 1.165) is 24.3 Å². The molecule has 5 N–H and O–H groups in total. The molecule has 0 aromatic carbocycles. The monoisotopic (exact) mass is 223 g/mol. The van der Waals surface area contributed by atoms with Crippen molar-refractivity contribution < 1.29 is 10.2 Å². The van der Waals surface area contributed by atoms with Crippen molar-refractivity contribution >= 4 is 5.82 Å². The summed E-state index contributed by atoms with van der Waals surface area (Å²) in [5, 5.41) is 22.7. The number of nitrogens with zero attached hydrogens (tertiary/aromatic N) is 1. The second-order valence-corrected chi connectivity index (χ2v) is 4.04. The minimum Gasteiger partial charge on any atom is -0.390 e. The number of anilines is 1. The number of nitrogens with two attached hydrogens (primary N) is 1. The molecule has 5 heteroatoms. The van der Waals surface area contributed by atoms with Gasteiger partial charge in [-0.2, -0.15) is 0 Å². The van der Waals surface area contributed by atoms with Crippen molar-refractivity contribution in [1.29, 1.82) is 0 Å². The molecule has 5 nitrogen and oxygen atoms in total. The number of aliphatic hydroxyl groups is 2. The zero-order chi connectivity index (χ0) is 11.5. The van der Waals surface area contributed by atoms with Crippen molar-refractivity contribution in [3.8, 4) is 0 Å². The Morgan fingerprint density at radius 2 is 2.31 bits per heavy atom. The lowest BCUT2D eigenvalue weighted by molar-refractivity contribution is 0.0148. The summed E-state index contributed by atoms with van der Waals surface area (Å²) in [5.74, 6) is 0.879. The molecule has 0 amide bonds. The summed E-state index contributed by atoms with van der Waals surface area (Å²) in [4.78, 5) is 4.21. The van der Waals surface area contributed by atoms with E-state index in [0.29, 0.717) is 18.5 Å². The van der Waals surface area contributed by atoms with Crippen LogP contribution in [0, 0.1) is 0 Å². The number of pyridine rings is 1. The van der Waals surface area contributed by atoms with Crippen LogP contribution in [0.3, 0.4) is 0 Å². The summed E-state index contributed by atoms with van der Waals surface area (Å²) >= 11 is 0. The molecule has 2 unspecified atom stereocenters. The SMILES string of the molecule is NCCC(O)C(O)c1cnc2c(c1)CCN2. The lowest BCUT2D eigenvalue weighted by atomic mass is 10.0. The van der Waals surface area contributed by atoms with E-state index in [1.165, 1.54) is 0 Å². The molecule has 0 saturated heterocycles. The predicted molar refractivity (Wildman–Crippen MR) is 61.1 cm³/mol. The van der Waals surface area contributed by atoms with E-state index in [4.69, 9.17) is 5.73 Å². The highest BCUT2D eigenvalue weighted by atomic mass is 16.3. The Hall–Kier alpha value is -1.17. The van der Waals surface area contributed by atoms with Crippen molar-refractivity contribution in [2.75, 3.05) is 18.4 Å². The Kier molecular flexibility index (Phi) is 3.38. The summed E-state index contributed by atoms with van der Waals surface area (Å²) in [5.41, 5.74) is 7.09. The van der Waals surface area contributed by atoms with Gasteiger partial charge in [-0.3, -0.25) is 0 Å². The number of fused-ring (bicyclic) bond motifs is 1. The van der Waals surface area contributed by atoms with Gasteiger partial charge in [-0.15, -0.1) is 0 Å². The molecule has 0 aliphatic carbocycles. The van der Waals surface area contributed by atoms with Gasteiger partial charge in [0.2, 0.25) is 0 Å². The molecule has 0 spiro atoms. The Labute approximate surface area is 94.3 Å². The molecule has 1 aliphatic heterocycles. The van der Waals surface area contributed by atoms with Crippen molar-refractivity contribution in [3.05, 3.63) is 23.4 Å². The fraction of sp³-hybridized carbons (Fsp3) is 0.545. The minimum absolute atomic E-state index is 0.359. The standard InChI is InChI=1S/C11H17N3O2/c12-3-1-9(15)10(16)8-5-7-2-4-13-11(7)14-6-8/h5-6,9-10,15-16H,1-4,12H2,(H,13,14). The van der Waals surface area contributed by atoms with Gasteiger partial charge in [0.15, 0.2) is 0 Å². The van der Waals surface area contributed by atoms with Gasteiger partial charge in [-0.25, -0.2) is 4.98 Å². The van der Waals surface area contributed by atoms with E-state index in [9.17, 15) is 10.2 Å². The number of nitrogens with one attached hydrogen (secondary N) is 1. The van der Waals surface area contributed by atoms with Gasteiger partial charge in [0.05, 0.1) is 6.10 Å². The predicted octanol–water partition coefficient (Wildman–Crippen LogP) is -0.207. The Bertz CT molecular complexity index is 370. The molecule has 1 aromatic rings. The average Bonchev–Trinajstić information content (AvgIpc) is 2.75. The Morgan fingerprint density at radius 3 is 3.06 bits per heavy atom. The van der Waals surface area contributed by atoms with Crippen molar-refractivity contribution in [3.63, 3.8) is 0 Å². The molecule has 1 aliphatic rings. The zero-order valence-electron chi connectivity index (χ0n) is 9.06. The highest BCUT2D eigenvalue weighted by molar-refractivity contribution is 5.50. The maximum Gasteiger partial charge on any atom is 0.129 e. The Balaban J connectivity index is 2.14. The number of aliphatic hydroxyl groups excluding tert-OH is 2. The molecule has 2 atom stereocenters. The van der Waals surface area contributed by atoms with Gasteiger partial charge in [-0.05, 0) is 31.0 Å². The van der Waals surface area contributed by atoms with Crippen LogP contribution in [0.4, 0.5) is 5.82 Å². The van der Waals surface area contributed by atoms with Gasteiger partial charge in [0.1, 0.15) is 11.9 Å². The van der Waals surface area contributed by atoms with Crippen LogP contribution < -0.4 is 11.1 Å². The van der Waals surface area contributed by atoms with E-state index in [1.54, 1.807) is 6.20 Å². The van der Waals surface area contributed by atoms with Gasteiger partial charge in [0.25, 0.3) is 0 Å². The lowest BCUT2D eigenvalue weighted by Crippen LogP contribution is -2.22. The maximum absolute atomic E-state index is 9.89. The number of hydrogen-bond donors (Lipinski definition) is 4. The molecule has 0 saturated carbocycles. The molecular weight excluding hydrogens is 206 g/mol. The summed E-state index contributed by atoms with van der Waals surface area (Å²) in [7, 11) is 0. The van der Waals surface area contributed by atoms with Gasteiger partial charge < -0.3 is 21.3 Å². The first-order valence-corrected chi connectivity index (χ1v) is 5.51. The summed E-state index contributed by atoms with van der Waals surface area (Å²) in [6, 6.07) is 1.90. The second kappa shape index (κ2) is 4.78. The van der Waals surface area contributed by atoms with Crippen molar-refractivity contribution in [1.82, 2.24) is 4.98 Å². The largest absolute Gasteiger partial charge is 0.390 e. The molecule has 16 heavy (non-hydrogen) atoms. The lowest BCUT2D eigenvalue weighted by Gasteiger charge is -2.17. The fourth-order valence-electron chi connectivity index (χ4n) is 1.91. The van der Waals surface area contributed by atoms with Gasteiger partial charge in [0, 0.05) is 18.3 Å². The third kappa shape index (κ3) is 2.16. The van der Waals surface area contributed by atoms with Gasteiger partial charge >= 0.3 is 0 Å². The van der Waals surface area contributed by atoms with E-state index >= 15 is 0 Å². The first-order valence-electron chi connectivity index (χ1n) is 5.51. The summed E-state index contributed by atoms with van der Waals surface area (Å²) < 4.78 is 0. The number of hydrogen-bond acceptors (Lipinski definition) is 5. The fourth-order valence-corrected chi connectivity index (χ4v) is 1.91. The Morgan fingerprint density at radius 1 is 1.50 bits per heavy atom. The quantitative estimate of drug-likeness (QED) is 0.567. The molecule has 88 valence electrons. The van der Waals surface area contributed by atoms with Crippen molar-refractivity contribution in [2.24, 2.45) is 5.73 Å². The summed E-state index contributed by atoms with van der Waals surface area (Å²) in [6.45, 7) is 1.24. The van der Waals surface area contributed by atoms with E-state index < -0.39 is 12.2 Å². The molecule has 0 bridgehead atoms. The smallest absolute Gasteiger partial charge is 0.129 e. The normalized spacial score (nSPS) is 17.7. The van der Waals surface area contributed by atoms with Gasteiger partial charge in [-0.1, -0.05) is 0 Å². The van der Waals surface area contributed by atoms with Crippen LogP contribution in [0.1, 0.15) is 23.7 Å². The average molecular weight is 223 g/mol. The van der Waals surface area contributed by atoms with E-state index in [-0.39, 0.29) is 0 Å². The first kappa shape index (κ1) is 11.3. The maximum atomic E-state index is 9.89. The molecule has 1 aromatic heterocycles. The first-order chi connectivity index (χ1) is 7.72. The number of aromatic nitrogens is 1. The zero-order valence-corrected chi connectivity index (χ0v) is 9.06. The third-order valence-corrected chi connectivity index (χ3v) is 2.84. The van der Waals surface area contributed by atoms with Crippen LogP contribution >= 0.6 is 0 Å². The van der Waals surface area contributed by atoms with Crippen LogP contribution in [-0.4, -0.2) is 34.4 Å². The summed E-state index contributed by atoms with van der Waals surface area (Å²) in [6.07, 6.45) is 1.18. The molecule has 2 heterocycles. The topological polar surface area (TPSA) is 91.4 Å².